The second-order valence-corrected chi connectivity index (χ2v) is 3.26. The molecule has 0 saturated heterocycles. The Morgan fingerprint density at radius 1 is 1.07 bits per heavy atom. The second-order valence-electron chi connectivity index (χ2n) is 3.26. The lowest BCUT2D eigenvalue weighted by Gasteiger charge is -1.97. The number of carboxylic acids is 1. The van der Waals surface area contributed by atoms with Crippen LogP contribution in [0.25, 0.3) is 0 Å². The number of carbonyl (C=O) groups is 2. The molecule has 3 nitrogen and oxygen atoms in total. The van der Waals surface area contributed by atoms with E-state index in [2.05, 4.69) is 0 Å². The molecule has 0 aliphatic heterocycles. The van der Waals surface area contributed by atoms with Gasteiger partial charge in [-0.15, -0.1) is 0 Å². The molecule has 0 fully saturated rings. The first-order chi connectivity index (χ1) is 6.77. The van der Waals surface area contributed by atoms with Crippen molar-refractivity contribution < 1.29 is 14.7 Å². The Balaban J connectivity index is 3.02. The number of hydrogen-bond acceptors (Lipinski definition) is 2. The van der Waals surface area contributed by atoms with Gasteiger partial charge in [-0.25, -0.2) is 0 Å². The fourth-order valence-electron chi connectivity index (χ4n) is 1.22. The Morgan fingerprint density at radius 2 is 1.71 bits per heavy atom. The Morgan fingerprint density at radius 3 is 2.36 bits per heavy atom. The van der Waals surface area contributed by atoms with Crippen molar-refractivity contribution in [2.45, 2.75) is 44.9 Å². The first-order valence-corrected chi connectivity index (χ1v) is 5.09. The lowest BCUT2D eigenvalue weighted by molar-refractivity contribution is -0.137. The monoisotopic (exact) mass is 198 g/mol. The van der Waals surface area contributed by atoms with Gasteiger partial charge >= 0.3 is 5.97 Å². The van der Waals surface area contributed by atoms with E-state index in [0.29, 0.717) is 0 Å². The van der Waals surface area contributed by atoms with Crippen molar-refractivity contribution in [3.63, 3.8) is 0 Å². The Labute approximate surface area is 84.8 Å². The van der Waals surface area contributed by atoms with E-state index in [0.717, 1.165) is 44.8 Å². The number of aliphatic carboxylic acids is 1. The summed E-state index contributed by atoms with van der Waals surface area (Å²) in [7, 11) is 0. The lowest BCUT2D eigenvalue weighted by atomic mass is 10.1. The standard InChI is InChI=1S/C11H18O3/c12-10-8-6-4-2-1-3-5-7-9-11(13)14/h6,8,10H,1-5,7,9H2,(H,13,14)/b8-6+. The molecule has 0 bridgehead atoms. The molecule has 3 heteroatoms. The molecule has 0 spiro atoms. The maximum Gasteiger partial charge on any atom is 0.303 e. The number of rotatable bonds is 9. The van der Waals surface area contributed by atoms with Crippen LogP contribution in [0, 0.1) is 0 Å². The molecular formula is C11H18O3. The third-order valence-electron chi connectivity index (χ3n) is 1.98. The molecule has 0 atom stereocenters. The molecular weight excluding hydrogens is 180 g/mol. The van der Waals surface area contributed by atoms with Crippen LogP contribution in [0.4, 0.5) is 0 Å². The highest BCUT2D eigenvalue weighted by atomic mass is 16.4. The lowest BCUT2D eigenvalue weighted by Crippen LogP contribution is -1.93. The maximum atomic E-state index is 10.2. The van der Waals surface area contributed by atoms with Crippen molar-refractivity contribution in [1.29, 1.82) is 0 Å². The minimum atomic E-state index is -0.709. The van der Waals surface area contributed by atoms with Gasteiger partial charge in [0, 0.05) is 6.42 Å². The van der Waals surface area contributed by atoms with Crippen molar-refractivity contribution in [2.75, 3.05) is 0 Å². The average molecular weight is 198 g/mol. The van der Waals surface area contributed by atoms with E-state index >= 15 is 0 Å². The topological polar surface area (TPSA) is 54.4 Å². The predicted molar refractivity (Wildman–Crippen MR) is 55.2 cm³/mol. The highest BCUT2D eigenvalue weighted by Gasteiger charge is 1.95. The number of hydrogen-bond donors (Lipinski definition) is 1. The smallest absolute Gasteiger partial charge is 0.303 e. The van der Waals surface area contributed by atoms with Gasteiger partial charge in [0.05, 0.1) is 0 Å². The molecule has 0 radical (unpaired) electrons. The van der Waals surface area contributed by atoms with Gasteiger partial charge in [0.2, 0.25) is 0 Å². The van der Waals surface area contributed by atoms with Crippen LogP contribution in [0.2, 0.25) is 0 Å². The van der Waals surface area contributed by atoms with Gasteiger partial charge in [-0.05, 0) is 25.3 Å². The quantitative estimate of drug-likeness (QED) is 0.352. The Hall–Kier alpha value is -1.12. The molecule has 0 aliphatic rings. The number of aldehydes is 1. The minimum absolute atomic E-state index is 0.283. The molecule has 0 rings (SSSR count). The number of carboxylic acid groups (broad SMARTS) is 1. The molecule has 0 aromatic carbocycles. The molecule has 0 saturated carbocycles. The summed E-state index contributed by atoms with van der Waals surface area (Å²) < 4.78 is 0. The van der Waals surface area contributed by atoms with Crippen molar-refractivity contribution in [3.8, 4) is 0 Å². The zero-order chi connectivity index (χ0) is 10.6. The SMILES string of the molecule is O=C/C=C/CCCCCCCC(=O)O. The van der Waals surface area contributed by atoms with E-state index in [1.54, 1.807) is 0 Å². The summed E-state index contributed by atoms with van der Waals surface area (Å²) in [4.78, 5) is 20.1. The van der Waals surface area contributed by atoms with Crippen LogP contribution < -0.4 is 0 Å². The Kier molecular flexibility index (Phi) is 9.17. The third kappa shape index (κ3) is 10.9. The van der Waals surface area contributed by atoms with E-state index in [1.165, 1.54) is 6.08 Å². The summed E-state index contributed by atoms with van der Waals surface area (Å²) in [6, 6.07) is 0. The number of allylic oxidation sites excluding steroid dienone is 2. The molecule has 80 valence electrons. The molecule has 0 heterocycles. The van der Waals surface area contributed by atoms with Gasteiger partial charge in [-0.2, -0.15) is 0 Å². The molecule has 1 N–H and O–H groups in total. The second kappa shape index (κ2) is 9.96. The van der Waals surface area contributed by atoms with Crippen LogP contribution in [0.1, 0.15) is 44.9 Å². The molecule has 14 heavy (non-hydrogen) atoms. The van der Waals surface area contributed by atoms with E-state index in [9.17, 15) is 9.59 Å². The zero-order valence-electron chi connectivity index (χ0n) is 8.45. The number of carbonyl (C=O) groups excluding carboxylic acids is 1. The third-order valence-corrected chi connectivity index (χ3v) is 1.98. The molecule has 0 aromatic heterocycles. The van der Waals surface area contributed by atoms with Gasteiger partial charge in [0.1, 0.15) is 6.29 Å². The summed E-state index contributed by atoms with van der Waals surface area (Å²) in [5.41, 5.74) is 0. The van der Waals surface area contributed by atoms with Gasteiger partial charge < -0.3 is 5.11 Å². The fourth-order valence-corrected chi connectivity index (χ4v) is 1.22. The van der Waals surface area contributed by atoms with Crippen LogP contribution in [-0.4, -0.2) is 17.4 Å². The first-order valence-electron chi connectivity index (χ1n) is 5.09. The van der Waals surface area contributed by atoms with Crippen molar-refractivity contribution >= 4 is 12.3 Å². The molecule has 0 aliphatic carbocycles. The summed E-state index contributed by atoms with van der Waals surface area (Å²) in [6.07, 6.45) is 10.4. The summed E-state index contributed by atoms with van der Waals surface area (Å²) in [5, 5.41) is 8.37. The largest absolute Gasteiger partial charge is 0.481 e. The minimum Gasteiger partial charge on any atom is -0.481 e. The van der Waals surface area contributed by atoms with E-state index in [4.69, 9.17) is 5.11 Å². The number of unbranched alkanes of at least 4 members (excludes halogenated alkanes) is 5. The van der Waals surface area contributed by atoms with Crippen molar-refractivity contribution in [3.05, 3.63) is 12.2 Å². The van der Waals surface area contributed by atoms with E-state index in [-0.39, 0.29) is 6.42 Å². The summed E-state index contributed by atoms with van der Waals surface area (Å²) in [6.45, 7) is 0. The normalized spacial score (nSPS) is 10.6. The first kappa shape index (κ1) is 12.9. The summed E-state index contributed by atoms with van der Waals surface area (Å²) in [5.74, 6) is -0.709. The highest BCUT2D eigenvalue weighted by molar-refractivity contribution is 5.66. The predicted octanol–water partition coefficient (Wildman–Crippen LogP) is 2.56. The van der Waals surface area contributed by atoms with Gasteiger partial charge in [-0.1, -0.05) is 25.3 Å². The van der Waals surface area contributed by atoms with Crippen molar-refractivity contribution in [1.82, 2.24) is 0 Å². The van der Waals surface area contributed by atoms with Gasteiger partial charge in [-0.3, -0.25) is 9.59 Å². The Bertz CT molecular complexity index is 185. The van der Waals surface area contributed by atoms with Crippen LogP contribution in [0.5, 0.6) is 0 Å². The molecule has 0 amide bonds. The van der Waals surface area contributed by atoms with Crippen molar-refractivity contribution in [2.24, 2.45) is 0 Å². The average Bonchev–Trinajstić information content (AvgIpc) is 2.15. The highest BCUT2D eigenvalue weighted by Crippen LogP contribution is 2.07. The van der Waals surface area contributed by atoms with Gasteiger partial charge in [0.25, 0.3) is 0 Å². The van der Waals surface area contributed by atoms with Gasteiger partial charge in [0.15, 0.2) is 0 Å². The van der Waals surface area contributed by atoms with Crippen LogP contribution in [0.15, 0.2) is 12.2 Å². The maximum absolute atomic E-state index is 10.2. The van der Waals surface area contributed by atoms with Crippen LogP contribution >= 0.6 is 0 Å². The zero-order valence-corrected chi connectivity index (χ0v) is 8.45. The molecule has 0 aromatic rings. The summed E-state index contributed by atoms with van der Waals surface area (Å²) >= 11 is 0. The fraction of sp³-hybridized carbons (Fsp3) is 0.636. The van der Waals surface area contributed by atoms with E-state index in [1.807, 2.05) is 6.08 Å². The van der Waals surface area contributed by atoms with E-state index < -0.39 is 5.97 Å². The molecule has 0 unspecified atom stereocenters. The van der Waals surface area contributed by atoms with Crippen LogP contribution in [0.3, 0.4) is 0 Å². The van der Waals surface area contributed by atoms with Crippen LogP contribution in [-0.2, 0) is 9.59 Å².